The molecule has 36 heavy (non-hydrogen) atoms. The average Bonchev–Trinajstić information content (AvgIpc) is 2.84. The smallest absolute Gasteiger partial charge is 0.292 e. The highest BCUT2D eigenvalue weighted by Gasteiger charge is 2.18. The van der Waals surface area contributed by atoms with E-state index in [0.29, 0.717) is 0 Å². The largest absolute Gasteiger partial charge is 0.327 e. The number of nitro groups is 2. The van der Waals surface area contributed by atoms with Crippen LogP contribution in [0.5, 0.6) is 0 Å². The van der Waals surface area contributed by atoms with E-state index in [-0.39, 0.29) is 44.4 Å². The molecule has 0 atom stereocenters. The molecule has 0 unspecified atom stereocenters. The fraction of sp³-hybridized carbons (Fsp3) is 0. The van der Waals surface area contributed by atoms with E-state index >= 15 is 0 Å². The second-order valence-corrected chi connectivity index (χ2v) is 7.59. The van der Waals surface area contributed by atoms with Gasteiger partial charge in [-0.25, -0.2) is 4.98 Å². The molecular formula is C21H15N7O6S2. The van der Waals surface area contributed by atoms with Crippen molar-refractivity contribution in [3.63, 3.8) is 0 Å². The Bertz CT molecular complexity index is 1300. The Morgan fingerprint density at radius 1 is 0.667 bits per heavy atom. The van der Waals surface area contributed by atoms with Crippen LogP contribution in [0, 0.1) is 20.2 Å². The molecule has 1 aromatic heterocycles. The number of aromatic nitrogens is 1. The number of pyridine rings is 1. The van der Waals surface area contributed by atoms with Crippen molar-refractivity contribution in [2.24, 2.45) is 0 Å². The van der Waals surface area contributed by atoms with Gasteiger partial charge in [-0.2, -0.15) is 0 Å². The molecule has 4 N–H and O–H groups in total. The number of hydrogen-bond donors (Lipinski definition) is 4. The first-order valence-corrected chi connectivity index (χ1v) is 10.7. The summed E-state index contributed by atoms with van der Waals surface area (Å²) in [5, 5.41) is 31.6. The quantitative estimate of drug-likeness (QED) is 0.211. The highest BCUT2D eigenvalue weighted by molar-refractivity contribution is 7.80. The lowest BCUT2D eigenvalue weighted by molar-refractivity contribution is -0.384. The molecule has 1 heterocycles. The van der Waals surface area contributed by atoms with Gasteiger partial charge in [-0.3, -0.25) is 40.5 Å². The SMILES string of the molecule is O=C(NC(=S)Nc1ccccc1[N+](=O)[O-])c1cccc(C(=O)NC(=S)Nc2ccccc2[N+](=O)[O-])n1. The van der Waals surface area contributed by atoms with Crippen molar-refractivity contribution < 1.29 is 19.4 Å². The number of amides is 2. The van der Waals surface area contributed by atoms with Gasteiger partial charge in [-0.1, -0.05) is 30.3 Å². The van der Waals surface area contributed by atoms with E-state index < -0.39 is 21.7 Å². The van der Waals surface area contributed by atoms with Crippen LogP contribution in [0.1, 0.15) is 21.0 Å². The highest BCUT2D eigenvalue weighted by atomic mass is 32.1. The van der Waals surface area contributed by atoms with Crippen LogP contribution in [0.25, 0.3) is 0 Å². The van der Waals surface area contributed by atoms with Gasteiger partial charge in [0.25, 0.3) is 23.2 Å². The summed E-state index contributed by atoms with van der Waals surface area (Å²) in [4.78, 5) is 50.1. The molecule has 13 nitrogen and oxygen atoms in total. The summed E-state index contributed by atoms with van der Waals surface area (Å²) in [6, 6.07) is 15.5. The van der Waals surface area contributed by atoms with Gasteiger partial charge in [0.15, 0.2) is 10.2 Å². The van der Waals surface area contributed by atoms with Gasteiger partial charge >= 0.3 is 0 Å². The molecule has 0 saturated heterocycles. The van der Waals surface area contributed by atoms with Crippen LogP contribution in [-0.4, -0.2) is 36.9 Å². The predicted molar refractivity (Wildman–Crippen MR) is 138 cm³/mol. The fourth-order valence-corrected chi connectivity index (χ4v) is 3.21. The van der Waals surface area contributed by atoms with E-state index in [1.807, 2.05) is 0 Å². The molecule has 15 heteroatoms. The maximum Gasteiger partial charge on any atom is 0.292 e. The lowest BCUT2D eigenvalue weighted by Gasteiger charge is -2.11. The number of rotatable bonds is 6. The molecule has 0 aliphatic heterocycles. The first kappa shape index (κ1) is 25.7. The van der Waals surface area contributed by atoms with Gasteiger partial charge in [-0.15, -0.1) is 0 Å². The molecule has 0 bridgehead atoms. The summed E-state index contributed by atoms with van der Waals surface area (Å²) >= 11 is 10.1. The third-order valence-corrected chi connectivity index (χ3v) is 4.77. The molecule has 2 aromatic carbocycles. The Balaban J connectivity index is 1.64. The number of para-hydroxylation sites is 4. The van der Waals surface area contributed by atoms with Gasteiger partial charge in [-0.05, 0) is 48.7 Å². The summed E-state index contributed by atoms with van der Waals surface area (Å²) in [6.07, 6.45) is 0. The van der Waals surface area contributed by atoms with Gasteiger partial charge < -0.3 is 10.6 Å². The molecule has 0 aliphatic carbocycles. The van der Waals surface area contributed by atoms with E-state index in [9.17, 15) is 29.8 Å². The fourth-order valence-electron chi connectivity index (χ4n) is 2.81. The Morgan fingerprint density at radius 2 is 1.06 bits per heavy atom. The number of anilines is 2. The van der Waals surface area contributed by atoms with Crippen LogP contribution < -0.4 is 21.3 Å². The minimum absolute atomic E-state index is 0.0774. The number of hydrogen-bond acceptors (Lipinski definition) is 9. The first-order valence-electron chi connectivity index (χ1n) is 9.84. The minimum Gasteiger partial charge on any atom is -0.327 e. The van der Waals surface area contributed by atoms with Crippen LogP contribution in [0.4, 0.5) is 22.7 Å². The van der Waals surface area contributed by atoms with Crippen LogP contribution in [0.15, 0.2) is 66.7 Å². The van der Waals surface area contributed by atoms with E-state index in [4.69, 9.17) is 24.4 Å². The zero-order valence-corrected chi connectivity index (χ0v) is 19.6. The van der Waals surface area contributed by atoms with Crippen molar-refractivity contribution in [1.82, 2.24) is 15.6 Å². The summed E-state index contributed by atoms with van der Waals surface area (Å²) in [7, 11) is 0. The Labute approximate surface area is 213 Å². The maximum absolute atomic E-state index is 12.5. The standard InChI is InChI=1S/C21H15N7O6S2/c29-18(25-20(35)23-12-6-1-3-10-16(12)27(31)32)14-8-5-9-15(22-14)19(30)26-21(36)24-13-7-2-4-11-17(13)28(33)34/h1-11H,(H2,23,25,29,35)(H2,24,26,30,36). The molecule has 0 saturated carbocycles. The Hall–Kier alpha value is -4.89. The van der Waals surface area contributed by atoms with E-state index in [1.165, 1.54) is 54.6 Å². The molecule has 0 aliphatic rings. The third kappa shape index (κ3) is 6.58. The zero-order chi connectivity index (χ0) is 26.2. The predicted octanol–water partition coefficient (Wildman–Crippen LogP) is 3.15. The zero-order valence-electron chi connectivity index (χ0n) is 18.0. The number of benzene rings is 2. The van der Waals surface area contributed by atoms with Crippen LogP contribution in [0.2, 0.25) is 0 Å². The van der Waals surface area contributed by atoms with Crippen LogP contribution in [0.3, 0.4) is 0 Å². The molecule has 2 amide bonds. The van der Waals surface area contributed by atoms with Crippen LogP contribution >= 0.6 is 24.4 Å². The molecule has 0 fully saturated rings. The molecule has 0 spiro atoms. The Kier molecular flexibility index (Phi) is 8.22. The van der Waals surface area contributed by atoms with E-state index in [2.05, 4.69) is 26.3 Å². The number of thiocarbonyl (C=S) groups is 2. The minimum atomic E-state index is -0.777. The number of carbonyl (C=O) groups excluding carboxylic acids is 2. The number of nitrogens with one attached hydrogen (secondary N) is 4. The third-order valence-electron chi connectivity index (χ3n) is 4.37. The van der Waals surface area contributed by atoms with E-state index in [0.717, 1.165) is 0 Å². The summed E-state index contributed by atoms with van der Waals surface area (Å²) in [5.41, 5.74) is -0.673. The van der Waals surface area contributed by atoms with Gasteiger partial charge in [0.1, 0.15) is 22.8 Å². The first-order chi connectivity index (χ1) is 17.2. The van der Waals surface area contributed by atoms with Gasteiger partial charge in [0.2, 0.25) is 0 Å². The van der Waals surface area contributed by atoms with Crippen molar-refractivity contribution in [1.29, 1.82) is 0 Å². The molecule has 3 rings (SSSR count). The van der Waals surface area contributed by atoms with Crippen molar-refractivity contribution >= 4 is 69.2 Å². The topological polar surface area (TPSA) is 181 Å². The normalized spacial score (nSPS) is 10.0. The number of nitrogens with zero attached hydrogens (tertiary/aromatic N) is 3. The second-order valence-electron chi connectivity index (χ2n) is 6.77. The molecular weight excluding hydrogens is 510 g/mol. The van der Waals surface area contributed by atoms with E-state index in [1.54, 1.807) is 12.1 Å². The second kappa shape index (κ2) is 11.5. The lowest BCUT2D eigenvalue weighted by atomic mass is 10.2. The maximum atomic E-state index is 12.5. The van der Waals surface area contributed by atoms with Crippen LogP contribution in [-0.2, 0) is 0 Å². The van der Waals surface area contributed by atoms with Gasteiger partial charge in [0, 0.05) is 12.1 Å². The monoisotopic (exact) mass is 525 g/mol. The lowest BCUT2D eigenvalue weighted by Crippen LogP contribution is -2.36. The number of nitro benzene ring substituents is 2. The highest BCUT2D eigenvalue weighted by Crippen LogP contribution is 2.23. The average molecular weight is 526 g/mol. The van der Waals surface area contributed by atoms with Gasteiger partial charge in [0.05, 0.1) is 9.85 Å². The summed E-state index contributed by atoms with van der Waals surface area (Å²) in [6.45, 7) is 0. The summed E-state index contributed by atoms with van der Waals surface area (Å²) < 4.78 is 0. The van der Waals surface area contributed by atoms with Crippen molar-refractivity contribution in [2.45, 2.75) is 0 Å². The number of carbonyl (C=O) groups is 2. The molecule has 0 radical (unpaired) electrons. The molecule has 182 valence electrons. The van der Waals surface area contributed by atoms with Crippen molar-refractivity contribution in [3.05, 3.63) is 98.3 Å². The van der Waals surface area contributed by atoms with Crippen molar-refractivity contribution in [3.8, 4) is 0 Å². The summed E-state index contributed by atoms with van der Waals surface area (Å²) in [5.74, 6) is -1.55. The Morgan fingerprint density at radius 3 is 1.44 bits per heavy atom. The molecule has 3 aromatic rings. The van der Waals surface area contributed by atoms with Crippen molar-refractivity contribution in [2.75, 3.05) is 10.6 Å².